The van der Waals surface area contributed by atoms with Gasteiger partial charge in [0, 0.05) is 12.8 Å². The van der Waals surface area contributed by atoms with Crippen molar-refractivity contribution in [2.45, 2.75) is 354 Å². The van der Waals surface area contributed by atoms with Gasteiger partial charge in [0.05, 0.1) is 27.7 Å². The largest absolute Gasteiger partial charge is 0.756 e. The van der Waals surface area contributed by atoms with Crippen LogP contribution in [0.25, 0.3) is 0 Å². The second-order valence-corrected chi connectivity index (χ2v) is 28.8. The minimum absolute atomic E-state index is 0.0357. The lowest BCUT2D eigenvalue weighted by molar-refractivity contribution is -0.870. The lowest BCUT2D eigenvalue weighted by atomic mass is 10.0. The van der Waals surface area contributed by atoms with Gasteiger partial charge in [-0.1, -0.05) is 347 Å². The molecule has 9 nitrogen and oxygen atoms in total. The molecule has 0 bridgehead atoms. The van der Waals surface area contributed by atoms with Crippen molar-refractivity contribution in [3.63, 3.8) is 0 Å². The van der Waals surface area contributed by atoms with Crippen LogP contribution in [0.3, 0.4) is 0 Å². The van der Waals surface area contributed by atoms with E-state index >= 15 is 0 Å². The number of allylic oxidation sites excluding steroid dienone is 20. The molecule has 0 spiro atoms. The Bertz CT molecular complexity index is 2010. The lowest BCUT2D eigenvalue weighted by Gasteiger charge is -2.28. The van der Waals surface area contributed by atoms with Crippen molar-refractivity contribution in [1.82, 2.24) is 0 Å². The molecule has 0 amide bonds. The highest BCUT2D eigenvalue weighted by atomic mass is 31.2. The number of carbonyl (C=O) groups excluding carboxylic acids is 2. The Balaban J connectivity index is 3.98. The van der Waals surface area contributed by atoms with Gasteiger partial charge in [-0.25, -0.2) is 0 Å². The van der Waals surface area contributed by atoms with Crippen LogP contribution in [0.4, 0.5) is 0 Å². The first kappa shape index (κ1) is 90.4. The van der Waals surface area contributed by atoms with Crippen LogP contribution in [-0.2, 0) is 32.7 Å². The van der Waals surface area contributed by atoms with E-state index < -0.39 is 26.5 Å². The number of esters is 2. The molecule has 0 aliphatic heterocycles. The fourth-order valence-corrected chi connectivity index (χ4v) is 11.7. The predicted molar refractivity (Wildman–Crippen MR) is 406 cm³/mol. The molecule has 0 saturated carbocycles. The average Bonchev–Trinajstić information content (AvgIpc) is 1.66. The van der Waals surface area contributed by atoms with E-state index in [9.17, 15) is 19.0 Å². The quantitative estimate of drug-likeness (QED) is 0.0195. The van der Waals surface area contributed by atoms with Crippen molar-refractivity contribution in [2.24, 2.45) is 0 Å². The Morgan fingerprint density at radius 3 is 0.904 bits per heavy atom. The Morgan fingerprint density at radius 1 is 0.340 bits per heavy atom. The van der Waals surface area contributed by atoms with Crippen molar-refractivity contribution in [2.75, 3.05) is 47.5 Å². The normalized spacial score (nSPS) is 13.7. The van der Waals surface area contributed by atoms with Gasteiger partial charge in [0.15, 0.2) is 6.10 Å². The molecule has 0 heterocycles. The minimum atomic E-state index is -4.65. The molecule has 0 aromatic carbocycles. The third kappa shape index (κ3) is 77.4. The molecular formula is C84H148NO8P. The molecular weight excluding hydrogens is 1180 g/mol. The van der Waals surface area contributed by atoms with Gasteiger partial charge in [-0.05, 0) is 109 Å². The summed E-state index contributed by atoms with van der Waals surface area (Å²) < 4.78 is 34.4. The Hall–Kier alpha value is -3.59. The van der Waals surface area contributed by atoms with Crippen molar-refractivity contribution in [1.29, 1.82) is 0 Å². The monoisotopic (exact) mass is 1330 g/mol. The molecule has 0 aliphatic rings. The predicted octanol–water partition coefficient (Wildman–Crippen LogP) is 25.5. The van der Waals surface area contributed by atoms with Gasteiger partial charge in [0.2, 0.25) is 0 Å². The molecule has 0 saturated heterocycles. The molecule has 2 atom stereocenters. The molecule has 0 fully saturated rings. The van der Waals surface area contributed by atoms with Gasteiger partial charge in [0.25, 0.3) is 7.82 Å². The number of phosphoric ester groups is 1. The summed E-state index contributed by atoms with van der Waals surface area (Å²) in [6, 6.07) is 0. The number of hydrogen-bond acceptors (Lipinski definition) is 8. The second-order valence-electron chi connectivity index (χ2n) is 27.3. The summed E-state index contributed by atoms with van der Waals surface area (Å²) in [4.78, 5) is 38.2. The van der Waals surface area contributed by atoms with E-state index in [0.717, 1.165) is 103 Å². The van der Waals surface area contributed by atoms with Crippen molar-refractivity contribution >= 4 is 19.8 Å². The van der Waals surface area contributed by atoms with E-state index in [4.69, 9.17) is 18.5 Å². The maximum Gasteiger partial charge on any atom is 0.306 e. The number of hydrogen-bond donors (Lipinski definition) is 0. The summed E-state index contributed by atoms with van der Waals surface area (Å²) in [7, 11) is 1.16. The van der Waals surface area contributed by atoms with Crippen molar-refractivity contribution < 1.29 is 42.1 Å². The van der Waals surface area contributed by atoms with Crippen LogP contribution in [0, 0.1) is 0 Å². The van der Waals surface area contributed by atoms with Crippen molar-refractivity contribution in [3.8, 4) is 0 Å². The summed E-state index contributed by atoms with van der Waals surface area (Å²) in [5, 5.41) is 0. The second kappa shape index (κ2) is 73.7. The molecule has 10 heteroatoms. The number of unbranched alkanes of at least 4 members (excludes halogenated alkanes) is 38. The summed E-state index contributed by atoms with van der Waals surface area (Å²) >= 11 is 0. The Morgan fingerprint density at radius 2 is 0.606 bits per heavy atom. The summed E-state index contributed by atoms with van der Waals surface area (Å²) in [5.74, 6) is -0.833. The van der Waals surface area contributed by atoms with E-state index in [1.165, 1.54) is 212 Å². The standard InChI is InChI=1S/C84H148NO8P/c1-6-8-10-12-14-16-18-20-22-24-26-28-30-32-34-36-38-39-40-41-42-43-44-45-47-48-50-52-54-56-58-60-62-64-66-68-70-72-74-76-83(86)90-80-82(81-92-94(88,89)91-79-78-85(3,4)5)93-84(87)77-75-73-71-69-67-65-63-61-59-57-55-53-51-49-46-37-35-33-31-29-27-25-23-21-19-17-15-13-11-9-7-2/h9,11,15,17-18,20-21,23-24,26-27,29-30,32-33,35,46,49,53,55,82H,6-8,10,12-14,16,19,22,25,28,31,34,36-45,47-48,50-52,54,56-81H2,1-5H3/b11-9-,17-15-,20-18-,23-21-,26-24-,29-27-,32-30-,35-33-,49-46-,55-53-. The lowest BCUT2D eigenvalue weighted by Crippen LogP contribution is -2.37. The highest BCUT2D eigenvalue weighted by molar-refractivity contribution is 7.45. The van der Waals surface area contributed by atoms with E-state index in [1.807, 2.05) is 21.1 Å². The number of phosphoric acid groups is 1. The third-order valence-electron chi connectivity index (χ3n) is 17.0. The zero-order chi connectivity index (χ0) is 68.3. The van der Waals surface area contributed by atoms with Crippen LogP contribution in [0.1, 0.15) is 348 Å². The molecule has 0 aromatic heterocycles. The van der Waals surface area contributed by atoms with Gasteiger partial charge >= 0.3 is 11.9 Å². The number of ether oxygens (including phenoxy) is 2. The smallest absolute Gasteiger partial charge is 0.306 e. The van der Waals surface area contributed by atoms with Crippen LogP contribution < -0.4 is 4.89 Å². The topological polar surface area (TPSA) is 111 Å². The summed E-state index contributed by atoms with van der Waals surface area (Å²) in [6.45, 7) is 4.14. The fraction of sp³-hybridized carbons (Fsp3) is 0.738. The Labute approximate surface area is 581 Å². The first-order chi connectivity index (χ1) is 46.0. The zero-order valence-corrected chi connectivity index (χ0v) is 62.8. The SMILES string of the molecule is CC/C=C\C/C=C\C/C=C\C/C=C\C/C=C\C/C=C\C/C=C\CCCCCCCCCCCC(=O)OC(COC(=O)CCCCCCCCCCCCCCCCCCCCCCCCCC/C=C\C/C=C\C/C=C\CCCCCCC)COP(=O)([O-])OCC[N+](C)(C)C. The molecule has 0 rings (SSSR count). The highest BCUT2D eigenvalue weighted by Crippen LogP contribution is 2.38. The first-order valence-corrected chi connectivity index (χ1v) is 40.7. The number of nitrogens with zero attached hydrogens (tertiary/aromatic N) is 1. The average molecular weight is 1330 g/mol. The van der Waals surface area contributed by atoms with Gasteiger partial charge in [-0.2, -0.15) is 0 Å². The molecule has 2 unspecified atom stereocenters. The summed E-state index contributed by atoms with van der Waals surface area (Å²) in [5.41, 5.74) is 0. The molecule has 0 N–H and O–H groups in total. The fourth-order valence-electron chi connectivity index (χ4n) is 11.0. The molecule has 94 heavy (non-hydrogen) atoms. The van der Waals surface area contributed by atoms with E-state index in [-0.39, 0.29) is 32.0 Å². The highest BCUT2D eigenvalue weighted by Gasteiger charge is 2.22. The van der Waals surface area contributed by atoms with Crippen LogP contribution in [0.2, 0.25) is 0 Å². The number of quaternary nitrogens is 1. The van der Waals surface area contributed by atoms with Gasteiger partial charge in [0.1, 0.15) is 19.8 Å². The van der Waals surface area contributed by atoms with Gasteiger partial charge in [-0.3, -0.25) is 14.2 Å². The molecule has 0 radical (unpaired) electrons. The van der Waals surface area contributed by atoms with Crippen LogP contribution in [0.5, 0.6) is 0 Å². The third-order valence-corrected chi connectivity index (χ3v) is 17.9. The number of likely N-dealkylation sites (N-methyl/N-ethyl adjacent to an activating group) is 1. The van der Waals surface area contributed by atoms with Gasteiger partial charge < -0.3 is 27.9 Å². The molecule has 0 aliphatic carbocycles. The van der Waals surface area contributed by atoms with Crippen LogP contribution in [0.15, 0.2) is 122 Å². The Kier molecular flexibility index (Phi) is 70.8. The first-order valence-electron chi connectivity index (χ1n) is 39.2. The van der Waals surface area contributed by atoms with Crippen LogP contribution >= 0.6 is 7.82 Å². The van der Waals surface area contributed by atoms with E-state index in [2.05, 4.69) is 135 Å². The maximum absolute atomic E-state index is 12.9. The molecule has 542 valence electrons. The number of carbonyl (C=O) groups is 2. The van der Waals surface area contributed by atoms with Crippen LogP contribution in [-0.4, -0.2) is 70.0 Å². The maximum atomic E-state index is 12.9. The zero-order valence-electron chi connectivity index (χ0n) is 61.9. The summed E-state index contributed by atoms with van der Waals surface area (Å²) in [6.07, 6.45) is 106. The molecule has 0 aromatic rings. The van der Waals surface area contributed by atoms with E-state index in [0.29, 0.717) is 17.4 Å². The van der Waals surface area contributed by atoms with E-state index in [1.54, 1.807) is 0 Å². The number of rotatable bonds is 72. The van der Waals surface area contributed by atoms with Crippen molar-refractivity contribution in [3.05, 3.63) is 122 Å². The minimum Gasteiger partial charge on any atom is -0.756 e. The van der Waals surface area contributed by atoms with Gasteiger partial charge in [-0.15, -0.1) is 0 Å².